The lowest BCUT2D eigenvalue weighted by Crippen LogP contribution is -2.19. The second-order valence-electron chi connectivity index (χ2n) is 5.56. The molecule has 0 radical (unpaired) electrons. The maximum Gasteiger partial charge on any atom is 0.264 e. The lowest BCUT2D eigenvalue weighted by Gasteiger charge is -2.01. The van der Waals surface area contributed by atoms with E-state index >= 15 is 0 Å². The molecular formula is C19H12N4OS3. The fourth-order valence-electron chi connectivity index (χ4n) is 2.45. The lowest BCUT2D eigenvalue weighted by molar-refractivity contribution is -0.115. The monoisotopic (exact) mass is 408 g/mol. The highest BCUT2D eigenvalue weighted by Gasteiger charge is 2.23. The van der Waals surface area contributed by atoms with Crippen LogP contribution in [-0.2, 0) is 10.5 Å². The number of amidine groups is 1. The van der Waals surface area contributed by atoms with Gasteiger partial charge in [0.25, 0.3) is 5.91 Å². The summed E-state index contributed by atoms with van der Waals surface area (Å²) in [5.41, 5.74) is 3.16. The molecule has 0 saturated carbocycles. The predicted molar refractivity (Wildman–Crippen MR) is 112 cm³/mol. The number of nitrogens with one attached hydrogen (secondary N) is 1. The predicted octanol–water partition coefficient (Wildman–Crippen LogP) is 4.63. The Kier molecular flexibility index (Phi) is 5.25. The molecule has 27 heavy (non-hydrogen) atoms. The molecule has 0 unspecified atom stereocenters. The first-order valence-electron chi connectivity index (χ1n) is 7.96. The largest absolute Gasteiger partial charge is 0.300 e. The topological polar surface area (TPSA) is 78.1 Å². The van der Waals surface area contributed by atoms with Gasteiger partial charge in [-0.15, -0.1) is 16.3 Å². The Morgan fingerprint density at radius 2 is 2.04 bits per heavy atom. The molecule has 2 heterocycles. The molecule has 4 rings (SSSR count). The second-order valence-corrected chi connectivity index (χ2v) is 8.84. The molecule has 1 fully saturated rings. The molecular weight excluding hydrogens is 396 g/mol. The molecule has 3 aromatic rings. The number of aromatic nitrogens is 1. The van der Waals surface area contributed by atoms with Crippen molar-refractivity contribution in [3.8, 4) is 6.19 Å². The Morgan fingerprint density at radius 3 is 2.81 bits per heavy atom. The van der Waals surface area contributed by atoms with Gasteiger partial charge in [0.1, 0.15) is 0 Å². The minimum Gasteiger partial charge on any atom is -0.300 e. The van der Waals surface area contributed by atoms with E-state index in [1.807, 2.05) is 30.3 Å². The summed E-state index contributed by atoms with van der Waals surface area (Å²) in [7, 11) is 0. The molecule has 2 aromatic carbocycles. The zero-order chi connectivity index (χ0) is 18.6. The van der Waals surface area contributed by atoms with Crippen LogP contribution in [0.1, 0.15) is 11.1 Å². The van der Waals surface area contributed by atoms with Gasteiger partial charge in [0.05, 0.1) is 15.1 Å². The van der Waals surface area contributed by atoms with Crippen LogP contribution in [0.3, 0.4) is 0 Å². The van der Waals surface area contributed by atoms with Crippen molar-refractivity contribution in [2.24, 2.45) is 4.99 Å². The van der Waals surface area contributed by atoms with Gasteiger partial charge in [0.15, 0.2) is 9.51 Å². The molecule has 1 amide bonds. The number of carbonyl (C=O) groups excluding carboxylic acids is 1. The van der Waals surface area contributed by atoms with Crippen molar-refractivity contribution < 1.29 is 4.79 Å². The third-order valence-electron chi connectivity index (χ3n) is 3.72. The van der Waals surface area contributed by atoms with Crippen molar-refractivity contribution >= 4 is 62.2 Å². The average Bonchev–Trinajstić information content (AvgIpc) is 3.24. The Balaban J connectivity index is 1.42. The molecule has 0 atom stereocenters. The highest BCUT2D eigenvalue weighted by molar-refractivity contribution is 8.18. The van der Waals surface area contributed by atoms with Crippen LogP contribution in [0, 0.1) is 11.5 Å². The summed E-state index contributed by atoms with van der Waals surface area (Å²) in [5.74, 6) is 0.606. The molecule has 0 bridgehead atoms. The maximum absolute atomic E-state index is 11.9. The van der Waals surface area contributed by atoms with Gasteiger partial charge in [-0.05, 0) is 41.1 Å². The van der Waals surface area contributed by atoms with E-state index in [1.54, 1.807) is 35.4 Å². The quantitative estimate of drug-likeness (QED) is 0.387. The molecule has 0 spiro atoms. The zero-order valence-electron chi connectivity index (χ0n) is 13.9. The fraction of sp³-hybridized carbons (Fsp3) is 0.0526. The molecule has 132 valence electrons. The third-order valence-corrected chi connectivity index (χ3v) is 6.88. The Hall–Kier alpha value is -2.60. The number of fused-ring (bicyclic) bond motifs is 1. The highest BCUT2D eigenvalue weighted by atomic mass is 32.2. The van der Waals surface area contributed by atoms with Gasteiger partial charge in [-0.1, -0.05) is 48.2 Å². The number of aliphatic imine (C=N–C) groups is 1. The third kappa shape index (κ3) is 4.22. The summed E-state index contributed by atoms with van der Waals surface area (Å²) in [5, 5.41) is 11.4. The number of hydrogen-bond acceptors (Lipinski definition) is 7. The van der Waals surface area contributed by atoms with Crippen LogP contribution in [0.15, 0.2) is 62.8 Å². The van der Waals surface area contributed by atoms with Crippen molar-refractivity contribution in [1.29, 1.82) is 5.26 Å². The molecule has 1 aliphatic heterocycles. The van der Waals surface area contributed by atoms with Gasteiger partial charge >= 0.3 is 0 Å². The van der Waals surface area contributed by atoms with Gasteiger partial charge < -0.3 is 0 Å². The maximum atomic E-state index is 11.9. The van der Waals surface area contributed by atoms with Crippen molar-refractivity contribution in [3.05, 3.63) is 64.6 Å². The number of hydrogen-bond donors (Lipinski definition) is 1. The summed E-state index contributed by atoms with van der Waals surface area (Å²) in [4.78, 5) is 20.6. The van der Waals surface area contributed by atoms with Crippen LogP contribution in [0.2, 0.25) is 0 Å². The fourth-order valence-corrected chi connectivity index (χ4v) is 5.25. The smallest absolute Gasteiger partial charge is 0.264 e. The van der Waals surface area contributed by atoms with Gasteiger partial charge in [-0.25, -0.2) is 4.98 Å². The number of para-hydroxylation sites is 1. The van der Waals surface area contributed by atoms with Crippen molar-refractivity contribution in [2.75, 3.05) is 0 Å². The lowest BCUT2D eigenvalue weighted by atomic mass is 10.1. The van der Waals surface area contributed by atoms with E-state index in [9.17, 15) is 4.79 Å². The van der Waals surface area contributed by atoms with Crippen LogP contribution in [0.5, 0.6) is 0 Å². The van der Waals surface area contributed by atoms with E-state index in [0.29, 0.717) is 10.1 Å². The summed E-state index contributed by atoms with van der Waals surface area (Å²) < 4.78 is 2.26. The first-order valence-corrected chi connectivity index (χ1v) is 10.6. The number of thiazole rings is 1. The molecule has 5 nitrogen and oxygen atoms in total. The number of thioether (sulfide) groups is 2. The highest BCUT2D eigenvalue weighted by Crippen LogP contribution is 2.31. The average molecular weight is 409 g/mol. The van der Waals surface area contributed by atoms with Gasteiger partial charge in [0, 0.05) is 5.75 Å². The van der Waals surface area contributed by atoms with E-state index < -0.39 is 0 Å². The number of carbonyl (C=O) groups is 1. The van der Waals surface area contributed by atoms with Crippen molar-refractivity contribution in [1.82, 2.24) is 10.3 Å². The number of amides is 1. The van der Waals surface area contributed by atoms with Crippen LogP contribution >= 0.6 is 34.9 Å². The summed E-state index contributed by atoms with van der Waals surface area (Å²) in [6.45, 7) is 0. The van der Waals surface area contributed by atoms with E-state index in [1.165, 1.54) is 22.0 Å². The zero-order valence-corrected chi connectivity index (χ0v) is 16.3. The molecule has 1 saturated heterocycles. The van der Waals surface area contributed by atoms with E-state index in [0.717, 1.165) is 21.2 Å². The standard InChI is InChI=1S/C19H12N4OS3/c20-11-21-18-23-17(24)16(26-18)9-12-5-7-13(8-6-12)10-25-19-22-14-3-1-2-4-15(14)27-19/h1-9H,10H2,(H,21,23,24). The molecule has 1 N–H and O–H groups in total. The summed E-state index contributed by atoms with van der Waals surface area (Å²) in [6, 6.07) is 16.2. The normalized spacial score (nSPS) is 16.8. The van der Waals surface area contributed by atoms with Gasteiger partial charge in [-0.2, -0.15) is 5.26 Å². The summed E-state index contributed by atoms with van der Waals surface area (Å²) in [6.07, 6.45) is 3.47. The summed E-state index contributed by atoms with van der Waals surface area (Å²) >= 11 is 4.60. The van der Waals surface area contributed by atoms with Gasteiger partial charge in [0.2, 0.25) is 6.19 Å². The minimum absolute atomic E-state index is 0.232. The van der Waals surface area contributed by atoms with E-state index in [-0.39, 0.29) is 5.91 Å². The number of nitriles is 1. The van der Waals surface area contributed by atoms with E-state index in [2.05, 4.69) is 33.5 Å². The van der Waals surface area contributed by atoms with Crippen LogP contribution in [0.4, 0.5) is 0 Å². The Morgan fingerprint density at radius 1 is 1.22 bits per heavy atom. The van der Waals surface area contributed by atoms with Crippen molar-refractivity contribution in [2.45, 2.75) is 10.1 Å². The van der Waals surface area contributed by atoms with Crippen LogP contribution in [-0.4, -0.2) is 16.1 Å². The molecule has 0 aliphatic carbocycles. The Labute approximate surface area is 168 Å². The molecule has 1 aromatic heterocycles. The SMILES string of the molecule is N#CN=C1NC(=O)C(=Cc2ccc(CSc3nc4ccccc4s3)cc2)S1. The van der Waals surface area contributed by atoms with Crippen LogP contribution < -0.4 is 5.32 Å². The molecule has 1 aliphatic rings. The first-order chi connectivity index (χ1) is 13.2. The first kappa shape index (κ1) is 17.8. The number of nitrogens with zero attached hydrogens (tertiary/aromatic N) is 3. The Bertz CT molecular complexity index is 1080. The number of rotatable bonds is 4. The second kappa shape index (κ2) is 7.96. The minimum atomic E-state index is -0.232. The van der Waals surface area contributed by atoms with Gasteiger partial charge in [-0.3, -0.25) is 10.1 Å². The number of benzene rings is 2. The van der Waals surface area contributed by atoms with E-state index in [4.69, 9.17) is 5.26 Å². The van der Waals surface area contributed by atoms with Crippen LogP contribution in [0.25, 0.3) is 16.3 Å². The molecule has 8 heteroatoms. The van der Waals surface area contributed by atoms with Crippen molar-refractivity contribution in [3.63, 3.8) is 0 Å².